The van der Waals surface area contributed by atoms with Crippen LogP contribution >= 0.6 is 0 Å². The number of hydrogen-bond donors (Lipinski definition) is 3. The summed E-state index contributed by atoms with van der Waals surface area (Å²) in [6.07, 6.45) is 0. The maximum absolute atomic E-state index is 13.1. The summed E-state index contributed by atoms with van der Waals surface area (Å²) in [5.41, 5.74) is 0. The van der Waals surface area contributed by atoms with Crippen LogP contribution in [0.25, 0.3) is 0 Å². The largest absolute Gasteiger partial charge is 0.370 e. The molecule has 25 heavy (non-hydrogen) atoms. The minimum Gasteiger partial charge on any atom is -0.370 e. The molecule has 10 heteroatoms. The monoisotopic (exact) mass is 371 g/mol. The summed E-state index contributed by atoms with van der Waals surface area (Å²) in [7, 11) is -4.00. The number of anilines is 2. The Kier molecular flexibility index (Phi) is 6.21. The maximum Gasteiger partial charge on any atom is 0.240 e. The van der Waals surface area contributed by atoms with E-state index in [-0.39, 0.29) is 13.1 Å². The van der Waals surface area contributed by atoms with Gasteiger partial charge in [0.1, 0.15) is 29.1 Å². The zero-order valence-corrected chi connectivity index (χ0v) is 14.6. The van der Waals surface area contributed by atoms with E-state index in [1.165, 1.54) is 0 Å². The van der Waals surface area contributed by atoms with Gasteiger partial charge in [-0.2, -0.15) is 0 Å². The summed E-state index contributed by atoms with van der Waals surface area (Å²) >= 11 is 0. The molecule has 2 rings (SSSR count). The van der Waals surface area contributed by atoms with Crippen molar-refractivity contribution >= 4 is 21.7 Å². The second kappa shape index (κ2) is 8.17. The van der Waals surface area contributed by atoms with Crippen LogP contribution in [0.1, 0.15) is 12.7 Å². The number of nitrogens with zero attached hydrogens (tertiary/aromatic N) is 2. The van der Waals surface area contributed by atoms with Crippen molar-refractivity contribution in [1.82, 2.24) is 14.7 Å². The normalized spacial score (nSPS) is 11.4. The van der Waals surface area contributed by atoms with Crippen LogP contribution in [-0.4, -0.2) is 38.0 Å². The Morgan fingerprint density at radius 1 is 0.960 bits per heavy atom. The van der Waals surface area contributed by atoms with Gasteiger partial charge < -0.3 is 10.6 Å². The number of benzene rings is 1. The van der Waals surface area contributed by atoms with Gasteiger partial charge in [-0.15, -0.1) is 0 Å². The number of aromatic nitrogens is 2. The molecule has 3 N–H and O–H groups in total. The highest BCUT2D eigenvalue weighted by Crippen LogP contribution is 2.13. The highest BCUT2D eigenvalue weighted by atomic mass is 32.2. The minimum atomic E-state index is -4.00. The van der Waals surface area contributed by atoms with E-state index in [2.05, 4.69) is 25.3 Å². The van der Waals surface area contributed by atoms with Gasteiger partial charge in [0.25, 0.3) is 0 Å². The third-order valence-corrected chi connectivity index (χ3v) is 4.51. The molecule has 0 atom stereocenters. The predicted octanol–water partition coefficient (Wildman–Crippen LogP) is 1.89. The zero-order chi connectivity index (χ0) is 18.4. The lowest BCUT2D eigenvalue weighted by Crippen LogP contribution is -2.29. The molecule has 0 amide bonds. The van der Waals surface area contributed by atoms with E-state index >= 15 is 0 Å². The fourth-order valence-corrected chi connectivity index (χ4v) is 3.15. The first-order chi connectivity index (χ1) is 11.8. The van der Waals surface area contributed by atoms with Crippen molar-refractivity contribution < 1.29 is 17.2 Å². The first kappa shape index (κ1) is 19.0. The second-order valence-corrected chi connectivity index (χ2v) is 6.91. The standard InChI is InChI=1S/C15H19F2N5O2S/c1-3-18-14-9-15(22-10(2)21-14)19-4-5-20-25(23,24)13-7-11(16)6-12(17)8-13/h6-9,20H,3-5H2,1-2H3,(H2,18,19,21,22). The van der Waals surface area contributed by atoms with Crippen molar-refractivity contribution in [3.05, 3.63) is 41.7 Å². The second-order valence-electron chi connectivity index (χ2n) is 5.15. The number of nitrogens with one attached hydrogen (secondary N) is 3. The van der Waals surface area contributed by atoms with Gasteiger partial charge in [0.05, 0.1) is 4.90 Å². The predicted molar refractivity (Wildman–Crippen MR) is 91.0 cm³/mol. The molecule has 1 aromatic heterocycles. The summed E-state index contributed by atoms with van der Waals surface area (Å²) < 4.78 is 52.6. The van der Waals surface area contributed by atoms with Gasteiger partial charge in [0.2, 0.25) is 10.0 Å². The number of rotatable bonds is 8. The van der Waals surface area contributed by atoms with Crippen LogP contribution < -0.4 is 15.4 Å². The molecule has 2 aromatic rings. The Morgan fingerprint density at radius 3 is 2.16 bits per heavy atom. The molecule has 0 aliphatic rings. The fraction of sp³-hybridized carbons (Fsp3) is 0.333. The van der Waals surface area contributed by atoms with Gasteiger partial charge in [-0.25, -0.2) is 31.9 Å². The molecule has 7 nitrogen and oxygen atoms in total. The molecule has 0 aliphatic carbocycles. The van der Waals surface area contributed by atoms with Gasteiger partial charge >= 0.3 is 0 Å². The average Bonchev–Trinajstić information content (AvgIpc) is 2.50. The van der Waals surface area contributed by atoms with Crippen LogP contribution in [0, 0.1) is 18.6 Å². The summed E-state index contributed by atoms with van der Waals surface area (Å²) in [6, 6.07) is 3.83. The minimum absolute atomic E-state index is 0.0139. The number of aryl methyl sites for hydroxylation is 1. The van der Waals surface area contributed by atoms with Crippen LogP contribution in [0.15, 0.2) is 29.2 Å². The molecular formula is C15H19F2N5O2S. The number of halogens is 2. The van der Waals surface area contributed by atoms with E-state index in [0.717, 1.165) is 12.1 Å². The van der Waals surface area contributed by atoms with Crippen molar-refractivity contribution in [3.63, 3.8) is 0 Å². The van der Waals surface area contributed by atoms with Crippen molar-refractivity contribution in [1.29, 1.82) is 0 Å². The van der Waals surface area contributed by atoms with Crippen LogP contribution in [0.5, 0.6) is 0 Å². The molecule has 0 unspecified atom stereocenters. The number of sulfonamides is 1. The molecule has 0 aliphatic heterocycles. The first-order valence-corrected chi connectivity index (χ1v) is 9.07. The lowest BCUT2D eigenvalue weighted by Gasteiger charge is -2.10. The van der Waals surface area contributed by atoms with Gasteiger partial charge in [-0.05, 0) is 26.0 Å². The zero-order valence-electron chi connectivity index (χ0n) is 13.8. The van der Waals surface area contributed by atoms with E-state index in [4.69, 9.17) is 0 Å². The van der Waals surface area contributed by atoms with Crippen molar-refractivity contribution in [2.75, 3.05) is 30.3 Å². The highest BCUT2D eigenvalue weighted by molar-refractivity contribution is 7.89. The van der Waals surface area contributed by atoms with Crippen LogP contribution in [0.4, 0.5) is 20.4 Å². The molecule has 0 saturated heterocycles. The van der Waals surface area contributed by atoms with Crippen molar-refractivity contribution in [3.8, 4) is 0 Å². The molecule has 1 aromatic carbocycles. The lowest BCUT2D eigenvalue weighted by atomic mass is 10.3. The van der Waals surface area contributed by atoms with E-state index in [1.54, 1.807) is 13.0 Å². The Bertz CT molecular complexity index is 826. The molecule has 0 bridgehead atoms. The summed E-state index contributed by atoms with van der Waals surface area (Å²) in [5.74, 6) is -0.138. The molecule has 1 heterocycles. The van der Waals surface area contributed by atoms with Crippen LogP contribution in [0.2, 0.25) is 0 Å². The third kappa shape index (κ3) is 5.61. The van der Waals surface area contributed by atoms with Gasteiger partial charge in [-0.1, -0.05) is 0 Å². The molecule has 0 spiro atoms. The Labute approximate surface area is 144 Å². The van der Waals surface area contributed by atoms with Crippen LogP contribution in [-0.2, 0) is 10.0 Å². The van der Waals surface area contributed by atoms with Crippen molar-refractivity contribution in [2.24, 2.45) is 0 Å². The number of hydrogen-bond acceptors (Lipinski definition) is 6. The Balaban J connectivity index is 1.94. The Morgan fingerprint density at radius 2 is 1.56 bits per heavy atom. The summed E-state index contributed by atoms with van der Waals surface area (Å²) in [4.78, 5) is 7.93. The van der Waals surface area contributed by atoms with Crippen LogP contribution in [0.3, 0.4) is 0 Å². The topological polar surface area (TPSA) is 96.0 Å². The highest BCUT2D eigenvalue weighted by Gasteiger charge is 2.15. The molecule has 0 fully saturated rings. The fourth-order valence-electron chi connectivity index (χ4n) is 2.07. The average molecular weight is 371 g/mol. The SMILES string of the molecule is CCNc1cc(NCCNS(=O)(=O)c2cc(F)cc(F)c2)nc(C)n1. The lowest BCUT2D eigenvalue weighted by molar-refractivity contribution is 0.562. The summed E-state index contributed by atoms with van der Waals surface area (Å²) in [5, 5.41) is 6.03. The van der Waals surface area contributed by atoms with E-state index in [9.17, 15) is 17.2 Å². The molecule has 136 valence electrons. The van der Waals surface area contributed by atoms with Gasteiger partial charge in [-0.3, -0.25) is 0 Å². The van der Waals surface area contributed by atoms with Crippen molar-refractivity contribution in [2.45, 2.75) is 18.7 Å². The van der Waals surface area contributed by atoms with E-state index in [0.29, 0.717) is 30.1 Å². The third-order valence-electron chi connectivity index (χ3n) is 3.07. The maximum atomic E-state index is 13.1. The van der Waals surface area contributed by atoms with Gasteiger partial charge in [0, 0.05) is 31.8 Å². The van der Waals surface area contributed by atoms with E-state index < -0.39 is 26.6 Å². The smallest absolute Gasteiger partial charge is 0.240 e. The summed E-state index contributed by atoms with van der Waals surface area (Å²) in [6.45, 7) is 4.64. The van der Waals surface area contributed by atoms with E-state index in [1.807, 2.05) is 6.92 Å². The quantitative estimate of drug-likeness (QED) is 0.613. The molecule has 0 radical (unpaired) electrons. The molecule has 0 saturated carbocycles. The van der Waals surface area contributed by atoms with Gasteiger partial charge in [0.15, 0.2) is 0 Å². The first-order valence-electron chi connectivity index (χ1n) is 7.59. The molecular weight excluding hydrogens is 352 g/mol. The Hall–Kier alpha value is -2.33.